The summed E-state index contributed by atoms with van der Waals surface area (Å²) in [7, 11) is 0. The molecule has 0 saturated carbocycles. The third kappa shape index (κ3) is 4.06. The number of ether oxygens (including phenoxy) is 1. The third-order valence-corrected chi connectivity index (χ3v) is 5.23. The molecule has 2 aromatic heterocycles. The third-order valence-electron chi connectivity index (χ3n) is 5.23. The number of nitrogens with zero attached hydrogens (tertiary/aromatic N) is 6. The van der Waals surface area contributed by atoms with Crippen LogP contribution in [0.1, 0.15) is 11.4 Å². The van der Waals surface area contributed by atoms with Gasteiger partial charge < -0.3 is 9.30 Å². The topological polar surface area (TPSA) is 69.0 Å². The summed E-state index contributed by atoms with van der Waals surface area (Å²) in [6.07, 6.45) is 4.23. The van der Waals surface area contributed by atoms with Crippen molar-refractivity contribution in [2.75, 3.05) is 13.1 Å². The molecule has 0 bridgehead atoms. The molecule has 0 fully saturated rings. The van der Waals surface area contributed by atoms with Crippen molar-refractivity contribution in [2.24, 2.45) is 0 Å². The van der Waals surface area contributed by atoms with E-state index in [1.54, 1.807) is 18.5 Å². The van der Waals surface area contributed by atoms with E-state index in [1.165, 1.54) is 5.56 Å². The first kappa shape index (κ1) is 18.4. The van der Waals surface area contributed by atoms with Gasteiger partial charge in [0.2, 0.25) is 0 Å². The first-order chi connectivity index (χ1) is 14.8. The fraction of sp³-hybridized carbons (Fsp3) is 0.217. The lowest BCUT2D eigenvalue weighted by atomic mass is 10.2. The van der Waals surface area contributed by atoms with E-state index in [0.29, 0.717) is 6.01 Å². The van der Waals surface area contributed by atoms with Gasteiger partial charge in [0.25, 0.3) is 0 Å². The number of benzene rings is 2. The fourth-order valence-corrected chi connectivity index (χ4v) is 3.69. The molecule has 1 aliphatic heterocycles. The van der Waals surface area contributed by atoms with E-state index in [2.05, 4.69) is 53.9 Å². The van der Waals surface area contributed by atoms with Crippen LogP contribution in [0.3, 0.4) is 0 Å². The van der Waals surface area contributed by atoms with Crippen LogP contribution in [0.5, 0.6) is 11.8 Å². The fourth-order valence-electron chi connectivity index (χ4n) is 3.69. The summed E-state index contributed by atoms with van der Waals surface area (Å²) in [6, 6.07) is 20.5. The summed E-state index contributed by atoms with van der Waals surface area (Å²) in [5.74, 6) is 2.75. The normalized spacial score (nSPS) is 14.1. The van der Waals surface area contributed by atoms with Crippen LogP contribution in [-0.4, -0.2) is 42.7 Å². The Hall–Kier alpha value is -3.58. The Bertz CT molecular complexity index is 1100. The molecule has 0 atom stereocenters. The molecule has 7 nitrogen and oxygen atoms in total. The van der Waals surface area contributed by atoms with Crippen molar-refractivity contribution in [1.29, 1.82) is 0 Å². The van der Waals surface area contributed by atoms with Gasteiger partial charge in [-0.2, -0.15) is 0 Å². The lowest BCUT2D eigenvalue weighted by Crippen LogP contribution is -2.26. The number of rotatable bonds is 5. The lowest BCUT2D eigenvalue weighted by Gasteiger charge is -2.19. The van der Waals surface area contributed by atoms with E-state index in [9.17, 15) is 0 Å². The van der Waals surface area contributed by atoms with Gasteiger partial charge in [-0.3, -0.25) is 4.90 Å². The number of fused-ring (bicyclic) bond motifs is 1. The lowest BCUT2D eigenvalue weighted by molar-refractivity contribution is 0.271. The quantitative estimate of drug-likeness (QED) is 0.512. The van der Waals surface area contributed by atoms with Crippen molar-refractivity contribution in [3.63, 3.8) is 0 Å². The molecule has 0 saturated heterocycles. The second kappa shape index (κ2) is 8.42. The molecule has 0 radical (unpaired) electrons. The first-order valence-electron chi connectivity index (χ1n) is 10.1. The largest absolute Gasteiger partial charge is 0.424 e. The molecule has 2 aromatic carbocycles. The minimum absolute atomic E-state index is 0.356. The summed E-state index contributed by atoms with van der Waals surface area (Å²) in [5, 5.41) is 8.88. The van der Waals surface area contributed by atoms with Gasteiger partial charge in [-0.05, 0) is 23.8 Å². The summed E-state index contributed by atoms with van der Waals surface area (Å²) >= 11 is 0. The molecule has 30 heavy (non-hydrogen) atoms. The Labute approximate surface area is 175 Å². The molecule has 0 spiro atoms. The molecule has 4 aromatic rings. The van der Waals surface area contributed by atoms with Crippen LogP contribution in [0.25, 0.3) is 11.4 Å². The van der Waals surface area contributed by atoms with Crippen LogP contribution >= 0.6 is 0 Å². The van der Waals surface area contributed by atoms with Gasteiger partial charge in [0.05, 0.1) is 0 Å². The van der Waals surface area contributed by atoms with Crippen LogP contribution in [0, 0.1) is 0 Å². The van der Waals surface area contributed by atoms with Gasteiger partial charge >= 0.3 is 6.01 Å². The Morgan fingerprint density at radius 3 is 2.40 bits per heavy atom. The first-order valence-corrected chi connectivity index (χ1v) is 10.1. The molecular weight excluding hydrogens is 376 g/mol. The highest BCUT2D eigenvalue weighted by Crippen LogP contribution is 2.22. The van der Waals surface area contributed by atoms with E-state index in [1.807, 2.05) is 30.3 Å². The standard InChI is InChI=1S/C23H22N6O/c1-2-5-19(6-3-1)22-27-26-21-11-14-28(15-16-29(21)22)17-18-7-9-20(10-8-18)30-23-24-12-4-13-25-23/h1-10,12-13H,11,14-17H2. The van der Waals surface area contributed by atoms with E-state index in [4.69, 9.17) is 4.74 Å². The van der Waals surface area contributed by atoms with Crippen LogP contribution in [0.2, 0.25) is 0 Å². The summed E-state index contributed by atoms with van der Waals surface area (Å²) in [4.78, 5) is 10.6. The monoisotopic (exact) mass is 398 g/mol. The van der Waals surface area contributed by atoms with Crippen molar-refractivity contribution < 1.29 is 4.74 Å². The van der Waals surface area contributed by atoms with Gasteiger partial charge in [-0.25, -0.2) is 9.97 Å². The van der Waals surface area contributed by atoms with Gasteiger partial charge in [0, 0.05) is 50.6 Å². The molecule has 1 aliphatic rings. The smallest absolute Gasteiger partial charge is 0.321 e. The molecule has 3 heterocycles. The summed E-state index contributed by atoms with van der Waals surface area (Å²) in [5.41, 5.74) is 2.36. The van der Waals surface area contributed by atoms with E-state index in [0.717, 1.165) is 55.6 Å². The minimum Gasteiger partial charge on any atom is -0.424 e. The van der Waals surface area contributed by atoms with Crippen molar-refractivity contribution in [3.05, 3.63) is 84.4 Å². The van der Waals surface area contributed by atoms with Crippen LogP contribution in [0.15, 0.2) is 73.1 Å². The second-order valence-corrected chi connectivity index (χ2v) is 7.26. The average molecular weight is 398 g/mol. The Morgan fingerprint density at radius 2 is 1.60 bits per heavy atom. The highest BCUT2D eigenvalue weighted by molar-refractivity contribution is 5.55. The average Bonchev–Trinajstić information content (AvgIpc) is 3.11. The van der Waals surface area contributed by atoms with Gasteiger partial charge in [-0.1, -0.05) is 42.5 Å². The van der Waals surface area contributed by atoms with Crippen LogP contribution in [0.4, 0.5) is 0 Å². The predicted octanol–water partition coefficient (Wildman–Crippen LogP) is 3.59. The zero-order valence-electron chi connectivity index (χ0n) is 16.6. The Morgan fingerprint density at radius 1 is 0.800 bits per heavy atom. The SMILES string of the molecule is c1ccc(-c2nnc3n2CCN(Cc2ccc(Oc4ncccn4)cc2)CC3)cc1. The maximum Gasteiger partial charge on any atom is 0.321 e. The van der Waals surface area contributed by atoms with Crippen LogP contribution < -0.4 is 4.74 Å². The molecule has 0 unspecified atom stereocenters. The van der Waals surface area contributed by atoms with Gasteiger partial charge in [0.15, 0.2) is 5.82 Å². The zero-order valence-corrected chi connectivity index (χ0v) is 16.6. The van der Waals surface area contributed by atoms with Gasteiger partial charge in [-0.15, -0.1) is 10.2 Å². The number of hydrogen-bond donors (Lipinski definition) is 0. The highest BCUT2D eigenvalue weighted by atomic mass is 16.5. The zero-order chi connectivity index (χ0) is 20.2. The molecule has 150 valence electrons. The maximum atomic E-state index is 5.68. The van der Waals surface area contributed by atoms with E-state index < -0.39 is 0 Å². The van der Waals surface area contributed by atoms with E-state index in [-0.39, 0.29) is 0 Å². The molecule has 0 amide bonds. The van der Waals surface area contributed by atoms with Crippen molar-refractivity contribution in [2.45, 2.75) is 19.5 Å². The number of hydrogen-bond acceptors (Lipinski definition) is 6. The van der Waals surface area contributed by atoms with Crippen molar-refractivity contribution >= 4 is 0 Å². The van der Waals surface area contributed by atoms with Crippen molar-refractivity contribution in [1.82, 2.24) is 29.6 Å². The van der Waals surface area contributed by atoms with Crippen LogP contribution in [-0.2, 0) is 19.5 Å². The van der Waals surface area contributed by atoms with E-state index >= 15 is 0 Å². The highest BCUT2D eigenvalue weighted by Gasteiger charge is 2.19. The van der Waals surface area contributed by atoms with Gasteiger partial charge in [0.1, 0.15) is 11.6 Å². The minimum atomic E-state index is 0.356. The number of aromatic nitrogens is 5. The molecular formula is C23H22N6O. The predicted molar refractivity (Wildman–Crippen MR) is 113 cm³/mol. The Kier molecular flexibility index (Phi) is 5.18. The Balaban J connectivity index is 1.23. The van der Waals surface area contributed by atoms with Crippen molar-refractivity contribution in [3.8, 4) is 23.1 Å². The molecule has 5 rings (SSSR count). The summed E-state index contributed by atoms with van der Waals surface area (Å²) < 4.78 is 7.93. The maximum absolute atomic E-state index is 5.68. The summed E-state index contributed by atoms with van der Waals surface area (Å²) in [6.45, 7) is 3.70. The molecule has 0 N–H and O–H groups in total. The second-order valence-electron chi connectivity index (χ2n) is 7.26. The molecule has 7 heteroatoms. The molecule has 0 aliphatic carbocycles.